The monoisotopic (exact) mass is 274 g/mol. The van der Waals surface area contributed by atoms with Crippen molar-refractivity contribution < 1.29 is 26.7 Å². The minimum absolute atomic E-state index is 0. The van der Waals surface area contributed by atoms with Crippen LogP contribution in [0.5, 0.6) is 11.5 Å². The number of hydrogen-bond donors (Lipinski definition) is 2. The molecule has 2 N–H and O–H groups in total. The molecular weight excluding hydrogens is 259 g/mol. The average Bonchev–Trinajstić information content (AvgIpc) is 2.28. The quantitative estimate of drug-likeness (QED) is 0.723. The van der Waals surface area contributed by atoms with Crippen LogP contribution in [0.2, 0.25) is 0 Å². The van der Waals surface area contributed by atoms with Gasteiger partial charge in [0, 0.05) is 16.5 Å². The SMILES string of the molecule is Cc1ccc(O)cc1.Cc1ccc(O)cc1.[Ni]. The number of phenols is 2. The average molecular weight is 275 g/mol. The molecule has 0 amide bonds. The molecular formula is C14H16NiO2. The number of phenolic OH excluding ortho intramolecular Hbond substituents is 2. The Morgan fingerprint density at radius 1 is 0.588 bits per heavy atom. The maximum atomic E-state index is 8.76. The van der Waals surface area contributed by atoms with E-state index in [1.807, 2.05) is 38.1 Å². The molecule has 0 atom stereocenters. The smallest absolute Gasteiger partial charge is 0.115 e. The maximum absolute atomic E-state index is 8.76. The Labute approximate surface area is 112 Å². The second kappa shape index (κ2) is 7.75. The van der Waals surface area contributed by atoms with Crippen molar-refractivity contribution in [1.82, 2.24) is 0 Å². The van der Waals surface area contributed by atoms with Gasteiger partial charge in [-0.15, -0.1) is 0 Å². The van der Waals surface area contributed by atoms with Crippen LogP contribution in [0, 0.1) is 13.8 Å². The zero-order valence-corrected chi connectivity index (χ0v) is 10.8. The Bertz CT molecular complexity index is 335. The van der Waals surface area contributed by atoms with Gasteiger partial charge in [-0.05, 0) is 38.1 Å². The third-order valence-corrected chi connectivity index (χ3v) is 2.07. The van der Waals surface area contributed by atoms with Crippen molar-refractivity contribution in [1.29, 1.82) is 0 Å². The Kier molecular flexibility index (Phi) is 7.08. The molecule has 94 valence electrons. The van der Waals surface area contributed by atoms with Crippen molar-refractivity contribution in [2.45, 2.75) is 13.8 Å². The van der Waals surface area contributed by atoms with Gasteiger partial charge in [0.1, 0.15) is 11.5 Å². The van der Waals surface area contributed by atoms with E-state index in [0.29, 0.717) is 11.5 Å². The summed E-state index contributed by atoms with van der Waals surface area (Å²) in [5.74, 6) is 0.659. The Hall–Kier alpha value is -1.47. The molecule has 0 aliphatic rings. The first-order valence-electron chi connectivity index (χ1n) is 5.09. The molecule has 2 nitrogen and oxygen atoms in total. The summed E-state index contributed by atoms with van der Waals surface area (Å²) in [6.07, 6.45) is 0. The number of hydrogen-bond acceptors (Lipinski definition) is 2. The fraction of sp³-hybridized carbons (Fsp3) is 0.143. The summed E-state index contributed by atoms with van der Waals surface area (Å²) < 4.78 is 0. The maximum Gasteiger partial charge on any atom is 0.115 e. The first-order chi connectivity index (χ1) is 7.58. The van der Waals surface area contributed by atoms with E-state index in [0.717, 1.165) is 0 Å². The molecule has 0 fully saturated rings. The molecule has 0 unspecified atom stereocenters. The van der Waals surface area contributed by atoms with Gasteiger partial charge in [0.05, 0.1) is 0 Å². The molecule has 0 aromatic heterocycles. The standard InChI is InChI=1S/2C7H8O.Ni/c2*1-6-2-4-7(8)5-3-6;/h2*2-5,8H,1H3;. The van der Waals surface area contributed by atoms with E-state index in [2.05, 4.69) is 0 Å². The normalized spacial score (nSPS) is 8.59. The van der Waals surface area contributed by atoms with E-state index in [-0.39, 0.29) is 16.5 Å². The van der Waals surface area contributed by atoms with Crippen LogP contribution in [0.25, 0.3) is 0 Å². The van der Waals surface area contributed by atoms with Gasteiger partial charge < -0.3 is 10.2 Å². The fourth-order valence-electron chi connectivity index (χ4n) is 1.09. The van der Waals surface area contributed by atoms with Crippen molar-refractivity contribution >= 4 is 0 Å². The zero-order valence-electron chi connectivity index (χ0n) is 9.83. The van der Waals surface area contributed by atoms with Crippen LogP contribution in [0.4, 0.5) is 0 Å². The summed E-state index contributed by atoms with van der Waals surface area (Å²) in [6.45, 7) is 3.97. The minimum atomic E-state index is 0. The van der Waals surface area contributed by atoms with Gasteiger partial charge >= 0.3 is 0 Å². The van der Waals surface area contributed by atoms with Crippen LogP contribution in [-0.2, 0) is 16.5 Å². The van der Waals surface area contributed by atoms with Crippen molar-refractivity contribution in [2.75, 3.05) is 0 Å². The Balaban J connectivity index is 0.000000284. The Morgan fingerprint density at radius 3 is 1.00 bits per heavy atom. The predicted molar refractivity (Wildman–Crippen MR) is 65.7 cm³/mol. The van der Waals surface area contributed by atoms with Crippen molar-refractivity contribution in [2.24, 2.45) is 0 Å². The van der Waals surface area contributed by atoms with E-state index >= 15 is 0 Å². The van der Waals surface area contributed by atoms with Gasteiger partial charge in [-0.3, -0.25) is 0 Å². The third kappa shape index (κ3) is 6.65. The Morgan fingerprint density at radius 2 is 0.824 bits per heavy atom. The number of benzene rings is 2. The van der Waals surface area contributed by atoms with Gasteiger partial charge in [-0.1, -0.05) is 35.4 Å². The minimum Gasteiger partial charge on any atom is -0.508 e. The van der Waals surface area contributed by atoms with E-state index in [1.165, 1.54) is 11.1 Å². The van der Waals surface area contributed by atoms with Crippen LogP contribution in [-0.4, -0.2) is 10.2 Å². The third-order valence-electron chi connectivity index (χ3n) is 2.07. The first-order valence-corrected chi connectivity index (χ1v) is 5.09. The molecule has 0 radical (unpaired) electrons. The second-order valence-electron chi connectivity index (χ2n) is 3.67. The van der Waals surface area contributed by atoms with Gasteiger partial charge in [0.25, 0.3) is 0 Å². The molecule has 0 bridgehead atoms. The number of aryl methyl sites for hydroxylation is 2. The molecule has 3 heteroatoms. The van der Waals surface area contributed by atoms with E-state index in [4.69, 9.17) is 10.2 Å². The molecule has 0 spiro atoms. The molecule has 2 aromatic rings. The fourth-order valence-corrected chi connectivity index (χ4v) is 1.09. The van der Waals surface area contributed by atoms with Crippen LogP contribution < -0.4 is 0 Å². The van der Waals surface area contributed by atoms with Crippen LogP contribution >= 0.6 is 0 Å². The van der Waals surface area contributed by atoms with Crippen molar-refractivity contribution in [3.63, 3.8) is 0 Å². The summed E-state index contributed by atoms with van der Waals surface area (Å²) >= 11 is 0. The topological polar surface area (TPSA) is 40.5 Å². The summed E-state index contributed by atoms with van der Waals surface area (Å²) in [4.78, 5) is 0. The molecule has 0 heterocycles. The molecule has 0 aliphatic heterocycles. The zero-order chi connectivity index (χ0) is 12.0. The van der Waals surface area contributed by atoms with Gasteiger partial charge in [-0.2, -0.15) is 0 Å². The van der Waals surface area contributed by atoms with Crippen molar-refractivity contribution in [3.05, 3.63) is 59.7 Å². The summed E-state index contributed by atoms with van der Waals surface area (Å²) in [6, 6.07) is 14.2. The number of aromatic hydroxyl groups is 2. The van der Waals surface area contributed by atoms with Crippen LogP contribution in [0.1, 0.15) is 11.1 Å². The van der Waals surface area contributed by atoms with Gasteiger partial charge in [0.2, 0.25) is 0 Å². The van der Waals surface area contributed by atoms with Gasteiger partial charge in [-0.25, -0.2) is 0 Å². The van der Waals surface area contributed by atoms with Crippen LogP contribution in [0.3, 0.4) is 0 Å². The second-order valence-corrected chi connectivity index (χ2v) is 3.67. The van der Waals surface area contributed by atoms with Crippen molar-refractivity contribution in [3.8, 4) is 11.5 Å². The summed E-state index contributed by atoms with van der Waals surface area (Å²) in [7, 11) is 0. The van der Waals surface area contributed by atoms with Crippen LogP contribution in [0.15, 0.2) is 48.5 Å². The van der Waals surface area contributed by atoms with E-state index in [1.54, 1.807) is 24.3 Å². The molecule has 0 aliphatic carbocycles. The number of rotatable bonds is 0. The van der Waals surface area contributed by atoms with Gasteiger partial charge in [0.15, 0.2) is 0 Å². The molecule has 0 saturated heterocycles. The largest absolute Gasteiger partial charge is 0.508 e. The summed E-state index contributed by atoms with van der Waals surface area (Å²) in [5.41, 5.74) is 2.34. The predicted octanol–water partition coefficient (Wildman–Crippen LogP) is 3.40. The molecule has 0 saturated carbocycles. The molecule has 17 heavy (non-hydrogen) atoms. The van der Waals surface area contributed by atoms with E-state index < -0.39 is 0 Å². The first kappa shape index (κ1) is 15.5. The molecule has 2 rings (SSSR count). The molecule has 2 aromatic carbocycles. The summed E-state index contributed by atoms with van der Waals surface area (Å²) in [5, 5.41) is 17.5. The van der Waals surface area contributed by atoms with E-state index in [9.17, 15) is 0 Å².